The highest BCUT2D eigenvalue weighted by atomic mass is 32.2. The van der Waals surface area contributed by atoms with Gasteiger partial charge >= 0.3 is 0 Å². The lowest BCUT2D eigenvalue weighted by atomic mass is 10.1. The lowest BCUT2D eigenvalue weighted by molar-refractivity contribution is -0.883. The van der Waals surface area contributed by atoms with Gasteiger partial charge in [0.1, 0.15) is 22.0 Å². The molecule has 1 aliphatic rings. The molecule has 5 nitrogen and oxygen atoms in total. The zero-order chi connectivity index (χ0) is 18.8. The molecule has 0 saturated carbocycles. The zero-order valence-electron chi connectivity index (χ0n) is 14.9. The maximum absolute atomic E-state index is 13.3. The van der Waals surface area contributed by atoms with Gasteiger partial charge in [0.15, 0.2) is 0 Å². The number of halogens is 1. The molecule has 3 heterocycles. The monoisotopic (exact) mass is 403 g/mol. The molecule has 1 aromatic carbocycles. The predicted molar refractivity (Wildman–Crippen MR) is 107 cm³/mol. The van der Waals surface area contributed by atoms with Gasteiger partial charge in [0.2, 0.25) is 5.91 Å². The molecule has 0 aliphatic carbocycles. The van der Waals surface area contributed by atoms with Crippen molar-refractivity contribution in [3.8, 4) is 11.1 Å². The van der Waals surface area contributed by atoms with Crippen molar-refractivity contribution >= 4 is 39.2 Å². The zero-order valence-corrected chi connectivity index (χ0v) is 16.6. The van der Waals surface area contributed by atoms with Crippen LogP contribution in [0.15, 0.2) is 41.0 Å². The summed E-state index contributed by atoms with van der Waals surface area (Å²) < 4.78 is 13.3. The van der Waals surface area contributed by atoms with Crippen LogP contribution in [-0.4, -0.2) is 59.8 Å². The summed E-state index contributed by atoms with van der Waals surface area (Å²) in [6.07, 6.45) is 1.54. The first-order valence-electron chi connectivity index (χ1n) is 8.82. The quantitative estimate of drug-likeness (QED) is 0.534. The number of nitrogens with one attached hydrogen (secondary N) is 1. The maximum atomic E-state index is 13.3. The van der Waals surface area contributed by atoms with E-state index in [1.54, 1.807) is 18.5 Å². The number of fused-ring (bicyclic) bond motifs is 1. The van der Waals surface area contributed by atoms with Crippen LogP contribution < -0.4 is 4.90 Å². The summed E-state index contributed by atoms with van der Waals surface area (Å²) in [5, 5.41) is 3.75. The Labute approximate surface area is 165 Å². The third-order valence-corrected chi connectivity index (χ3v) is 6.65. The van der Waals surface area contributed by atoms with E-state index in [1.165, 1.54) is 40.1 Å². The molecule has 0 spiro atoms. The second-order valence-electron chi connectivity index (χ2n) is 6.64. The van der Waals surface area contributed by atoms with Gasteiger partial charge in [-0.1, -0.05) is 23.9 Å². The lowest BCUT2D eigenvalue weighted by Crippen LogP contribution is -3.12. The van der Waals surface area contributed by atoms with E-state index in [9.17, 15) is 9.18 Å². The number of nitrogens with zero attached hydrogens (tertiary/aromatic N) is 3. The van der Waals surface area contributed by atoms with Gasteiger partial charge in [-0.15, -0.1) is 11.3 Å². The Morgan fingerprint density at radius 1 is 1.26 bits per heavy atom. The minimum absolute atomic E-state index is 0.151. The highest BCUT2D eigenvalue weighted by Gasteiger charge is 2.22. The molecule has 1 aliphatic heterocycles. The van der Waals surface area contributed by atoms with Crippen molar-refractivity contribution in [2.45, 2.75) is 5.03 Å². The number of quaternary nitrogens is 1. The van der Waals surface area contributed by atoms with Gasteiger partial charge in [-0.05, 0) is 17.7 Å². The number of carbonyl (C=O) groups excluding carboxylic acids is 1. The van der Waals surface area contributed by atoms with E-state index in [0.29, 0.717) is 5.75 Å². The van der Waals surface area contributed by atoms with Crippen molar-refractivity contribution in [2.75, 3.05) is 39.0 Å². The summed E-state index contributed by atoms with van der Waals surface area (Å²) in [4.78, 5) is 25.6. The number of benzene rings is 1. The molecule has 1 fully saturated rings. The van der Waals surface area contributed by atoms with Gasteiger partial charge < -0.3 is 9.80 Å². The topological polar surface area (TPSA) is 50.5 Å². The van der Waals surface area contributed by atoms with E-state index in [4.69, 9.17) is 0 Å². The number of piperazine rings is 1. The van der Waals surface area contributed by atoms with Crippen molar-refractivity contribution in [2.24, 2.45) is 0 Å². The number of carbonyl (C=O) groups is 1. The van der Waals surface area contributed by atoms with Crippen LogP contribution in [-0.2, 0) is 4.79 Å². The Bertz CT molecular complexity index is 952. The van der Waals surface area contributed by atoms with Crippen LogP contribution in [0.2, 0.25) is 0 Å². The molecule has 1 N–H and O–H groups in total. The van der Waals surface area contributed by atoms with Crippen LogP contribution in [0.25, 0.3) is 21.3 Å². The predicted octanol–water partition coefficient (Wildman–Crippen LogP) is 1.95. The Morgan fingerprint density at radius 2 is 2.00 bits per heavy atom. The number of thiophene rings is 1. The second kappa shape index (κ2) is 7.92. The van der Waals surface area contributed by atoms with E-state index < -0.39 is 0 Å². The fourth-order valence-corrected chi connectivity index (χ4v) is 5.05. The summed E-state index contributed by atoms with van der Waals surface area (Å²) in [5.41, 5.74) is 1.90. The van der Waals surface area contributed by atoms with Crippen LogP contribution in [0.4, 0.5) is 4.39 Å². The molecule has 0 atom stereocenters. The molecule has 1 amide bonds. The van der Waals surface area contributed by atoms with Gasteiger partial charge in [0, 0.05) is 10.9 Å². The fourth-order valence-electron chi connectivity index (χ4n) is 3.16. The first-order chi connectivity index (χ1) is 13.1. The van der Waals surface area contributed by atoms with Crippen LogP contribution in [0.3, 0.4) is 0 Å². The highest BCUT2D eigenvalue weighted by Crippen LogP contribution is 2.37. The molecule has 4 rings (SSSR count). The van der Waals surface area contributed by atoms with Gasteiger partial charge in [-0.2, -0.15) is 0 Å². The number of hydrogen-bond donors (Lipinski definition) is 1. The number of rotatable bonds is 4. The molecule has 0 unspecified atom stereocenters. The Morgan fingerprint density at radius 3 is 2.74 bits per heavy atom. The van der Waals surface area contributed by atoms with Crippen molar-refractivity contribution < 1.29 is 14.1 Å². The van der Waals surface area contributed by atoms with E-state index >= 15 is 0 Å². The maximum Gasteiger partial charge on any atom is 0.233 e. The average molecular weight is 404 g/mol. The largest absolute Gasteiger partial charge is 0.334 e. The van der Waals surface area contributed by atoms with Crippen LogP contribution in [0.1, 0.15) is 0 Å². The number of hydrogen-bond acceptors (Lipinski definition) is 5. The molecule has 8 heteroatoms. The first kappa shape index (κ1) is 18.3. The third-order valence-electron chi connectivity index (χ3n) is 4.79. The SMILES string of the molecule is C[NH+]1CCN(C(=O)CSc2ncnc3scc(-c4ccc(F)cc4)c23)CC1. The van der Waals surface area contributed by atoms with Crippen molar-refractivity contribution in [3.63, 3.8) is 0 Å². The Balaban J connectivity index is 1.56. The number of likely N-dealkylation sites (N-methyl/N-ethyl adjacent to an activating group) is 1. The smallest absolute Gasteiger partial charge is 0.233 e. The molecule has 3 aromatic rings. The summed E-state index contributed by atoms with van der Waals surface area (Å²) in [5.74, 6) is 0.255. The minimum Gasteiger partial charge on any atom is -0.334 e. The van der Waals surface area contributed by atoms with Gasteiger partial charge in [0.25, 0.3) is 0 Å². The molecule has 0 bridgehead atoms. The van der Waals surface area contributed by atoms with Crippen LogP contribution >= 0.6 is 23.1 Å². The third kappa shape index (κ3) is 3.97. The molecule has 140 valence electrons. The van der Waals surface area contributed by atoms with Gasteiger partial charge in [-0.3, -0.25) is 4.79 Å². The minimum atomic E-state index is -0.260. The number of amides is 1. The first-order valence-corrected chi connectivity index (χ1v) is 10.7. The Kier molecular flexibility index (Phi) is 5.38. The normalized spacial score (nSPS) is 15.4. The molecule has 27 heavy (non-hydrogen) atoms. The van der Waals surface area contributed by atoms with E-state index in [2.05, 4.69) is 17.0 Å². The molecular formula is C19H20FN4OS2+. The van der Waals surface area contributed by atoms with Crippen LogP contribution in [0.5, 0.6) is 0 Å². The number of aromatic nitrogens is 2. The van der Waals surface area contributed by atoms with Crippen molar-refractivity contribution in [3.05, 3.63) is 41.8 Å². The van der Waals surface area contributed by atoms with E-state index in [0.717, 1.165) is 52.5 Å². The molecular weight excluding hydrogens is 383 g/mol. The van der Waals surface area contributed by atoms with Gasteiger partial charge in [0.05, 0.1) is 44.4 Å². The average Bonchev–Trinajstić information content (AvgIpc) is 3.12. The van der Waals surface area contributed by atoms with Crippen molar-refractivity contribution in [1.29, 1.82) is 0 Å². The summed E-state index contributed by atoms with van der Waals surface area (Å²) in [7, 11) is 2.15. The van der Waals surface area contributed by atoms with Crippen molar-refractivity contribution in [1.82, 2.24) is 14.9 Å². The second-order valence-corrected chi connectivity index (χ2v) is 8.46. The Hall–Kier alpha value is -2.03. The standard InChI is InChI=1S/C19H19FN4OS2/c1-23-6-8-24(9-7-23)16(25)11-27-19-17-15(10-26-18(17)21-12-22-19)13-2-4-14(20)5-3-13/h2-5,10,12H,6-9,11H2,1H3/p+1. The fraction of sp³-hybridized carbons (Fsp3) is 0.316. The lowest BCUT2D eigenvalue weighted by Gasteiger charge is -2.30. The highest BCUT2D eigenvalue weighted by molar-refractivity contribution is 8.00. The van der Waals surface area contributed by atoms with E-state index in [1.807, 2.05) is 10.3 Å². The van der Waals surface area contributed by atoms with Crippen LogP contribution in [0, 0.1) is 5.82 Å². The molecule has 0 radical (unpaired) electrons. The summed E-state index contributed by atoms with van der Waals surface area (Å²) in [6.45, 7) is 3.61. The molecule has 1 saturated heterocycles. The van der Waals surface area contributed by atoms with Gasteiger partial charge in [-0.25, -0.2) is 14.4 Å². The summed E-state index contributed by atoms with van der Waals surface area (Å²) in [6, 6.07) is 6.43. The molecule has 2 aromatic heterocycles. The summed E-state index contributed by atoms with van der Waals surface area (Å²) >= 11 is 2.99. The number of thioether (sulfide) groups is 1. The van der Waals surface area contributed by atoms with E-state index in [-0.39, 0.29) is 11.7 Å².